The van der Waals surface area contributed by atoms with Crippen molar-refractivity contribution in [2.24, 2.45) is 0 Å². The zero-order chi connectivity index (χ0) is 16.2. The van der Waals surface area contributed by atoms with Crippen molar-refractivity contribution < 1.29 is 18.8 Å². The van der Waals surface area contributed by atoms with Crippen LogP contribution in [-0.4, -0.2) is 51.6 Å². The second kappa shape index (κ2) is 6.88. The van der Waals surface area contributed by atoms with Crippen LogP contribution in [0.5, 0.6) is 0 Å². The number of aromatic amines is 1. The molecule has 2 aromatic rings. The summed E-state index contributed by atoms with van der Waals surface area (Å²) in [5, 5.41) is 13.0. The van der Waals surface area contributed by atoms with Crippen molar-refractivity contribution in [3.63, 3.8) is 0 Å². The van der Waals surface area contributed by atoms with E-state index < -0.39 is 0 Å². The molecule has 23 heavy (non-hydrogen) atoms. The van der Waals surface area contributed by atoms with Gasteiger partial charge in [-0.1, -0.05) is 5.16 Å². The molecule has 0 unspecified atom stereocenters. The number of aromatic nitrogens is 4. The van der Waals surface area contributed by atoms with Gasteiger partial charge in [-0.3, -0.25) is 9.89 Å². The zero-order valence-electron chi connectivity index (χ0n) is 13.0. The summed E-state index contributed by atoms with van der Waals surface area (Å²) < 4.78 is 16.6. The van der Waals surface area contributed by atoms with Crippen LogP contribution in [-0.2, 0) is 16.1 Å². The van der Waals surface area contributed by atoms with E-state index in [2.05, 4.69) is 25.7 Å². The highest BCUT2D eigenvalue weighted by Crippen LogP contribution is 2.18. The summed E-state index contributed by atoms with van der Waals surface area (Å²) in [6.07, 6.45) is 1.84. The number of nitrogens with zero attached hydrogens (tertiary/aromatic N) is 3. The van der Waals surface area contributed by atoms with Crippen LogP contribution in [0.25, 0.3) is 0 Å². The summed E-state index contributed by atoms with van der Waals surface area (Å²) >= 11 is 0. The fourth-order valence-corrected chi connectivity index (χ4v) is 2.50. The maximum atomic E-state index is 12.1. The maximum absolute atomic E-state index is 12.1. The van der Waals surface area contributed by atoms with Crippen molar-refractivity contribution in [2.75, 3.05) is 13.2 Å². The Labute approximate surface area is 132 Å². The highest BCUT2D eigenvalue weighted by Gasteiger charge is 2.29. The second-order valence-corrected chi connectivity index (χ2v) is 5.43. The number of rotatable bonds is 5. The zero-order valence-corrected chi connectivity index (χ0v) is 13.0. The van der Waals surface area contributed by atoms with Gasteiger partial charge < -0.3 is 19.3 Å². The van der Waals surface area contributed by atoms with Gasteiger partial charge in [-0.2, -0.15) is 5.10 Å². The number of hydrogen-bond acceptors (Lipinski definition) is 7. The number of ether oxygens (including phenoxy) is 2. The summed E-state index contributed by atoms with van der Waals surface area (Å²) in [6, 6.07) is -0.248. The summed E-state index contributed by atoms with van der Waals surface area (Å²) in [5.41, 5.74) is 1.76. The molecule has 0 aliphatic carbocycles. The lowest BCUT2D eigenvalue weighted by molar-refractivity contribution is -0.0608. The fraction of sp³-hybridized carbons (Fsp3) is 0.571. The molecular weight excluding hydrogens is 302 g/mol. The second-order valence-electron chi connectivity index (χ2n) is 5.43. The molecule has 1 fully saturated rings. The Morgan fingerprint density at radius 3 is 3.09 bits per heavy atom. The molecule has 9 heteroatoms. The molecule has 0 bridgehead atoms. The summed E-state index contributed by atoms with van der Waals surface area (Å²) in [7, 11) is 0. The molecule has 2 N–H and O–H groups in total. The Morgan fingerprint density at radius 2 is 2.39 bits per heavy atom. The van der Waals surface area contributed by atoms with Gasteiger partial charge in [-0.15, -0.1) is 0 Å². The van der Waals surface area contributed by atoms with Gasteiger partial charge in [0, 0.05) is 12.2 Å². The van der Waals surface area contributed by atoms with E-state index in [1.807, 2.05) is 13.8 Å². The molecule has 2 atom stereocenters. The summed E-state index contributed by atoms with van der Waals surface area (Å²) in [5.74, 6) is 0.584. The molecule has 0 saturated carbocycles. The summed E-state index contributed by atoms with van der Waals surface area (Å²) in [4.78, 5) is 15.9. The van der Waals surface area contributed by atoms with Gasteiger partial charge in [0.05, 0.1) is 31.1 Å². The van der Waals surface area contributed by atoms with Gasteiger partial charge >= 0.3 is 0 Å². The smallest absolute Gasteiger partial charge is 0.288 e. The fourth-order valence-electron chi connectivity index (χ4n) is 2.50. The van der Waals surface area contributed by atoms with Crippen LogP contribution in [0.3, 0.4) is 0 Å². The number of nitrogens with one attached hydrogen (secondary N) is 2. The van der Waals surface area contributed by atoms with Crippen LogP contribution < -0.4 is 5.32 Å². The minimum atomic E-state index is -0.330. The van der Waals surface area contributed by atoms with E-state index in [1.165, 1.54) is 6.33 Å². The molecular formula is C14H19N5O4. The number of carbonyl (C=O) groups excluding carboxylic acids is 1. The Balaban J connectivity index is 1.61. The van der Waals surface area contributed by atoms with E-state index in [0.29, 0.717) is 26.2 Å². The highest BCUT2D eigenvalue weighted by molar-refractivity contribution is 5.90. The van der Waals surface area contributed by atoms with E-state index in [-0.39, 0.29) is 23.9 Å². The normalized spacial score (nSPS) is 21.3. The SMILES string of the molecule is Cc1noc(C)c1CO[C@@H]1CCOC[C@@H]1NC(=O)c1ncn[nH]1. The van der Waals surface area contributed by atoms with Crippen LogP contribution >= 0.6 is 0 Å². The van der Waals surface area contributed by atoms with Crippen molar-refractivity contribution in [1.82, 2.24) is 25.7 Å². The third-order valence-electron chi connectivity index (χ3n) is 3.86. The number of aryl methyl sites for hydroxylation is 2. The predicted octanol–water partition coefficient (Wildman–Crippen LogP) is 0.514. The van der Waals surface area contributed by atoms with E-state index in [1.54, 1.807) is 0 Å². The molecule has 1 aliphatic heterocycles. The Bertz CT molecular complexity index is 635. The molecule has 3 rings (SSSR count). The lowest BCUT2D eigenvalue weighted by atomic mass is 10.1. The van der Waals surface area contributed by atoms with Crippen molar-refractivity contribution in [2.45, 2.75) is 39.0 Å². The Morgan fingerprint density at radius 1 is 1.52 bits per heavy atom. The largest absolute Gasteiger partial charge is 0.379 e. The average Bonchev–Trinajstić information content (AvgIpc) is 3.18. The van der Waals surface area contributed by atoms with Gasteiger partial charge in [0.25, 0.3) is 5.91 Å². The Kier molecular flexibility index (Phi) is 4.68. The molecule has 124 valence electrons. The van der Waals surface area contributed by atoms with Crippen LogP contribution in [0.2, 0.25) is 0 Å². The number of hydrogen-bond donors (Lipinski definition) is 2. The molecule has 0 radical (unpaired) electrons. The monoisotopic (exact) mass is 321 g/mol. The molecule has 2 aromatic heterocycles. The number of carbonyl (C=O) groups is 1. The average molecular weight is 321 g/mol. The first-order chi connectivity index (χ1) is 11.1. The maximum Gasteiger partial charge on any atom is 0.288 e. The summed E-state index contributed by atoms with van der Waals surface area (Å²) in [6.45, 7) is 5.11. The minimum absolute atomic E-state index is 0.149. The topological polar surface area (TPSA) is 115 Å². The van der Waals surface area contributed by atoms with Gasteiger partial charge in [0.2, 0.25) is 5.82 Å². The third kappa shape index (κ3) is 3.57. The highest BCUT2D eigenvalue weighted by atomic mass is 16.5. The van der Waals surface area contributed by atoms with Crippen molar-refractivity contribution in [3.8, 4) is 0 Å². The standard InChI is InChI=1S/C14H19N5O4/c1-8-10(9(2)23-19-8)5-22-12-3-4-21-6-11(12)17-14(20)13-15-7-16-18-13/h7,11-12H,3-6H2,1-2H3,(H,17,20)(H,15,16,18)/t11-,12+/m0/s1. The van der Waals surface area contributed by atoms with Gasteiger partial charge in [-0.25, -0.2) is 4.98 Å². The molecule has 1 aliphatic rings. The van der Waals surface area contributed by atoms with Crippen molar-refractivity contribution in [3.05, 3.63) is 29.2 Å². The predicted molar refractivity (Wildman–Crippen MR) is 77.6 cm³/mol. The van der Waals surface area contributed by atoms with Crippen LogP contribution in [0.1, 0.15) is 34.1 Å². The van der Waals surface area contributed by atoms with Gasteiger partial charge in [0.1, 0.15) is 12.1 Å². The van der Waals surface area contributed by atoms with Crippen molar-refractivity contribution in [1.29, 1.82) is 0 Å². The molecule has 3 heterocycles. The quantitative estimate of drug-likeness (QED) is 0.824. The number of amides is 1. The molecule has 1 amide bonds. The third-order valence-corrected chi connectivity index (χ3v) is 3.86. The first kappa shape index (κ1) is 15.6. The lowest BCUT2D eigenvalue weighted by Crippen LogP contribution is -2.50. The first-order valence-electron chi connectivity index (χ1n) is 7.42. The van der Waals surface area contributed by atoms with Crippen LogP contribution in [0.15, 0.2) is 10.9 Å². The first-order valence-corrected chi connectivity index (χ1v) is 7.42. The minimum Gasteiger partial charge on any atom is -0.379 e. The van der Waals surface area contributed by atoms with E-state index in [9.17, 15) is 4.79 Å². The molecule has 9 nitrogen and oxygen atoms in total. The Hall–Kier alpha value is -2.26. The van der Waals surface area contributed by atoms with Gasteiger partial charge in [0.15, 0.2) is 0 Å². The van der Waals surface area contributed by atoms with Crippen LogP contribution in [0.4, 0.5) is 0 Å². The number of H-pyrrole nitrogens is 1. The molecule has 1 saturated heterocycles. The lowest BCUT2D eigenvalue weighted by Gasteiger charge is -2.31. The van der Waals surface area contributed by atoms with Gasteiger partial charge in [-0.05, 0) is 20.3 Å². The van der Waals surface area contributed by atoms with E-state index in [0.717, 1.165) is 17.0 Å². The van der Waals surface area contributed by atoms with Crippen LogP contribution in [0, 0.1) is 13.8 Å². The molecule has 0 spiro atoms. The van der Waals surface area contributed by atoms with E-state index >= 15 is 0 Å². The van der Waals surface area contributed by atoms with Crippen molar-refractivity contribution >= 4 is 5.91 Å². The molecule has 0 aromatic carbocycles. The van der Waals surface area contributed by atoms with E-state index in [4.69, 9.17) is 14.0 Å².